The molecule has 0 aromatic carbocycles. The molecule has 23 heavy (non-hydrogen) atoms. The van der Waals surface area contributed by atoms with Crippen LogP contribution in [0.3, 0.4) is 0 Å². The monoisotopic (exact) mass is 318 g/mol. The van der Waals surface area contributed by atoms with Crippen LogP contribution in [0, 0.1) is 5.92 Å². The Kier molecular flexibility index (Phi) is 5.85. The van der Waals surface area contributed by atoms with Crippen LogP contribution in [0.25, 0.3) is 0 Å². The minimum absolute atomic E-state index is 0.00268. The molecular weight excluding hydrogens is 288 g/mol. The first-order valence-corrected chi connectivity index (χ1v) is 8.73. The van der Waals surface area contributed by atoms with Gasteiger partial charge in [0.2, 0.25) is 0 Å². The second-order valence-electron chi connectivity index (χ2n) is 7.40. The molecule has 1 saturated heterocycles. The Bertz CT molecular complexity index is 529. The van der Waals surface area contributed by atoms with E-state index in [2.05, 4.69) is 39.5 Å². The molecule has 3 atom stereocenters. The summed E-state index contributed by atoms with van der Waals surface area (Å²) in [5.74, 6) is -0.874. The molecule has 1 aliphatic carbocycles. The van der Waals surface area contributed by atoms with Crippen molar-refractivity contribution in [2.45, 2.75) is 77.4 Å². The maximum Gasteiger partial charge on any atom is 0.331 e. The van der Waals surface area contributed by atoms with E-state index in [1.165, 1.54) is 11.1 Å². The zero-order valence-corrected chi connectivity index (χ0v) is 14.7. The summed E-state index contributed by atoms with van der Waals surface area (Å²) in [6.07, 6.45) is 11.6. The van der Waals surface area contributed by atoms with Gasteiger partial charge in [-0.2, -0.15) is 0 Å². The van der Waals surface area contributed by atoms with E-state index in [-0.39, 0.29) is 17.6 Å². The van der Waals surface area contributed by atoms with Gasteiger partial charge >= 0.3 is 5.97 Å². The van der Waals surface area contributed by atoms with Crippen LogP contribution in [0.15, 0.2) is 35.5 Å². The van der Waals surface area contributed by atoms with Crippen molar-refractivity contribution in [2.24, 2.45) is 5.92 Å². The molecular formula is C20H30O3. The molecule has 0 spiro atoms. The van der Waals surface area contributed by atoms with E-state index in [4.69, 9.17) is 4.74 Å². The predicted molar refractivity (Wildman–Crippen MR) is 93.4 cm³/mol. The number of epoxide rings is 1. The number of carboxylic acid groups (broad SMARTS) is 1. The Hall–Kier alpha value is -1.35. The van der Waals surface area contributed by atoms with Crippen molar-refractivity contribution in [1.29, 1.82) is 0 Å². The van der Waals surface area contributed by atoms with Crippen molar-refractivity contribution in [3.05, 3.63) is 35.5 Å². The lowest BCUT2D eigenvalue weighted by Crippen LogP contribution is -2.18. The molecule has 1 fully saturated rings. The number of fused-ring (bicyclic) bond motifs is 1. The third kappa shape index (κ3) is 5.07. The number of rotatable bonds is 2. The average molecular weight is 318 g/mol. The van der Waals surface area contributed by atoms with Crippen LogP contribution >= 0.6 is 0 Å². The highest BCUT2D eigenvalue weighted by Gasteiger charge is 2.52. The number of carboxylic acids is 1. The van der Waals surface area contributed by atoms with Gasteiger partial charge in [-0.1, -0.05) is 29.9 Å². The van der Waals surface area contributed by atoms with Crippen LogP contribution in [0.4, 0.5) is 0 Å². The fourth-order valence-corrected chi connectivity index (χ4v) is 3.43. The van der Waals surface area contributed by atoms with Gasteiger partial charge in [-0.05, 0) is 71.6 Å². The molecule has 1 heterocycles. The fourth-order valence-electron chi connectivity index (χ4n) is 3.43. The normalized spacial score (nSPS) is 37.3. The second-order valence-corrected chi connectivity index (χ2v) is 7.40. The van der Waals surface area contributed by atoms with E-state index in [9.17, 15) is 9.90 Å². The molecule has 2 aliphatic rings. The summed E-state index contributed by atoms with van der Waals surface area (Å²) in [5, 5.41) is 9.30. The standard InChI is InChI=1S/C20H30O3/c1-14-7-5-8-15(2)10-11-17(16(3)19(21)22)13-18-20(4,23-18)12-6-9-14/h8-9,17-18H,3,5-7,10-13H2,1-2,4H3,(H,21,22)/b14-9+,15-8+/t17?,18-,20-/m1/s1. The highest BCUT2D eigenvalue weighted by atomic mass is 16.6. The molecule has 3 heteroatoms. The Morgan fingerprint density at radius 2 is 1.91 bits per heavy atom. The van der Waals surface area contributed by atoms with E-state index in [1.54, 1.807) is 0 Å². The van der Waals surface area contributed by atoms with Gasteiger partial charge in [-0.3, -0.25) is 0 Å². The number of ether oxygens (including phenoxy) is 1. The van der Waals surface area contributed by atoms with Crippen molar-refractivity contribution in [3.8, 4) is 0 Å². The van der Waals surface area contributed by atoms with Crippen molar-refractivity contribution in [1.82, 2.24) is 0 Å². The first-order valence-electron chi connectivity index (χ1n) is 8.73. The van der Waals surface area contributed by atoms with Crippen LogP contribution in [0.1, 0.15) is 65.7 Å². The topological polar surface area (TPSA) is 49.8 Å². The smallest absolute Gasteiger partial charge is 0.331 e. The summed E-state index contributed by atoms with van der Waals surface area (Å²) < 4.78 is 5.92. The van der Waals surface area contributed by atoms with E-state index < -0.39 is 5.97 Å². The van der Waals surface area contributed by atoms with E-state index in [1.807, 2.05) is 0 Å². The average Bonchev–Trinajstić information content (AvgIpc) is 3.11. The molecule has 0 bridgehead atoms. The van der Waals surface area contributed by atoms with Crippen LogP contribution in [-0.4, -0.2) is 22.8 Å². The minimum atomic E-state index is -0.876. The van der Waals surface area contributed by atoms with Crippen LogP contribution in [0.5, 0.6) is 0 Å². The molecule has 1 N–H and O–H groups in total. The highest BCUT2D eigenvalue weighted by Crippen LogP contribution is 2.45. The van der Waals surface area contributed by atoms with Crippen molar-refractivity contribution >= 4 is 5.97 Å². The first-order chi connectivity index (χ1) is 10.8. The van der Waals surface area contributed by atoms with Gasteiger partial charge in [-0.25, -0.2) is 4.79 Å². The summed E-state index contributed by atoms with van der Waals surface area (Å²) >= 11 is 0. The zero-order chi connectivity index (χ0) is 17.0. The molecule has 1 aliphatic heterocycles. The minimum Gasteiger partial charge on any atom is -0.478 e. The summed E-state index contributed by atoms with van der Waals surface area (Å²) in [6.45, 7) is 10.3. The number of carbonyl (C=O) groups is 1. The first kappa shape index (κ1) is 18.0. The molecule has 1 unspecified atom stereocenters. The zero-order valence-electron chi connectivity index (χ0n) is 14.7. The molecule has 0 aromatic heterocycles. The molecule has 0 radical (unpaired) electrons. The Morgan fingerprint density at radius 1 is 1.26 bits per heavy atom. The molecule has 2 rings (SSSR count). The number of hydrogen-bond donors (Lipinski definition) is 1. The Balaban J connectivity index is 2.10. The lowest BCUT2D eigenvalue weighted by molar-refractivity contribution is -0.133. The SMILES string of the molecule is C=C(C(=O)O)C1CC/C(C)=C/CC/C(C)=C/CC[C@@]2(C)O[C@@H]2C1. The molecule has 0 aromatic rings. The third-order valence-corrected chi connectivity index (χ3v) is 5.35. The largest absolute Gasteiger partial charge is 0.478 e. The second kappa shape index (κ2) is 7.48. The Morgan fingerprint density at radius 3 is 2.61 bits per heavy atom. The predicted octanol–water partition coefficient (Wildman–Crippen LogP) is 5.04. The quantitative estimate of drug-likeness (QED) is 0.441. The van der Waals surface area contributed by atoms with Gasteiger partial charge in [0.15, 0.2) is 0 Å². The van der Waals surface area contributed by atoms with Crippen LogP contribution in [0.2, 0.25) is 0 Å². The summed E-state index contributed by atoms with van der Waals surface area (Å²) in [4.78, 5) is 11.3. The molecule has 128 valence electrons. The van der Waals surface area contributed by atoms with E-state index in [0.717, 1.165) is 44.9 Å². The molecule has 3 nitrogen and oxygen atoms in total. The van der Waals surface area contributed by atoms with Gasteiger partial charge in [-0.15, -0.1) is 0 Å². The lowest BCUT2D eigenvalue weighted by Gasteiger charge is -2.17. The van der Waals surface area contributed by atoms with Crippen molar-refractivity contribution < 1.29 is 14.6 Å². The summed E-state index contributed by atoms with van der Waals surface area (Å²) in [6, 6.07) is 0. The lowest BCUT2D eigenvalue weighted by atomic mass is 9.85. The van der Waals surface area contributed by atoms with E-state index >= 15 is 0 Å². The highest BCUT2D eigenvalue weighted by molar-refractivity contribution is 5.86. The van der Waals surface area contributed by atoms with Crippen LogP contribution < -0.4 is 0 Å². The van der Waals surface area contributed by atoms with Crippen molar-refractivity contribution in [2.75, 3.05) is 0 Å². The van der Waals surface area contributed by atoms with Gasteiger partial charge in [0.1, 0.15) is 0 Å². The Labute approximate surface area is 140 Å². The summed E-state index contributed by atoms with van der Waals surface area (Å²) in [7, 11) is 0. The van der Waals surface area contributed by atoms with Crippen LogP contribution in [-0.2, 0) is 9.53 Å². The maximum atomic E-state index is 11.3. The van der Waals surface area contributed by atoms with Gasteiger partial charge in [0.05, 0.1) is 11.7 Å². The summed E-state index contributed by atoms with van der Waals surface area (Å²) in [5.41, 5.74) is 3.04. The van der Waals surface area contributed by atoms with Gasteiger partial charge in [0.25, 0.3) is 0 Å². The fraction of sp³-hybridized carbons (Fsp3) is 0.650. The van der Waals surface area contributed by atoms with Gasteiger partial charge < -0.3 is 9.84 Å². The van der Waals surface area contributed by atoms with E-state index in [0.29, 0.717) is 5.57 Å². The van der Waals surface area contributed by atoms with Gasteiger partial charge in [0, 0.05) is 5.57 Å². The maximum absolute atomic E-state index is 11.3. The van der Waals surface area contributed by atoms with Crippen molar-refractivity contribution in [3.63, 3.8) is 0 Å². The third-order valence-electron chi connectivity index (χ3n) is 5.35. The number of allylic oxidation sites excluding steroid dienone is 4. The number of hydrogen-bond acceptors (Lipinski definition) is 2. The number of aliphatic carboxylic acids is 1. The molecule has 0 saturated carbocycles. The molecule has 0 amide bonds.